The number of hydrogen-bond donors (Lipinski definition) is 1. The molecule has 0 radical (unpaired) electrons. The minimum absolute atomic E-state index is 0.00183. The highest BCUT2D eigenvalue weighted by atomic mass is 32.2. The lowest BCUT2D eigenvalue weighted by Crippen LogP contribution is -2.38. The van der Waals surface area contributed by atoms with Crippen molar-refractivity contribution in [3.8, 4) is 0 Å². The van der Waals surface area contributed by atoms with Crippen molar-refractivity contribution in [2.75, 3.05) is 13.2 Å². The van der Waals surface area contributed by atoms with Crippen LogP contribution in [0.3, 0.4) is 0 Å². The molecule has 2 aliphatic rings. The number of fused-ring (bicyclic) bond motifs is 2. The fourth-order valence-electron chi connectivity index (χ4n) is 2.41. The summed E-state index contributed by atoms with van der Waals surface area (Å²) in [6.45, 7) is 5.05. The van der Waals surface area contributed by atoms with Gasteiger partial charge in [-0.2, -0.15) is 8.42 Å². The molecular weight excluding hydrogens is 314 g/mol. The van der Waals surface area contributed by atoms with Gasteiger partial charge in [0, 0.05) is 5.57 Å². The first-order valence-corrected chi connectivity index (χ1v) is 8.46. The van der Waals surface area contributed by atoms with Gasteiger partial charge in [-0.3, -0.25) is 4.18 Å². The largest absolute Gasteiger partial charge is 0.460 e. The predicted octanol–water partition coefficient (Wildman–Crippen LogP) is 0.482. The molecule has 0 aromatic carbocycles. The van der Waals surface area contributed by atoms with E-state index in [-0.39, 0.29) is 18.7 Å². The third kappa shape index (κ3) is 3.98. The van der Waals surface area contributed by atoms with Crippen LogP contribution in [0, 0.1) is 0 Å². The lowest BCUT2D eigenvalue weighted by molar-refractivity contribution is -0.138. The van der Waals surface area contributed by atoms with E-state index < -0.39 is 39.6 Å². The maximum absolute atomic E-state index is 11.6. The molecule has 0 aromatic heterocycles. The van der Waals surface area contributed by atoms with E-state index in [0.29, 0.717) is 19.3 Å². The predicted molar refractivity (Wildman–Crippen MR) is 75.5 cm³/mol. The Bertz CT molecular complexity index is 571. The lowest BCUT2D eigenvalue weighted by atomic mass is 9.94. The normalized spacial score (nSPS) is 28.7. The van der Waals surface area contributed by atoms with E-state index in [1.54, 1.807) is 0 Å². The lowest BCUT2D eigenvalue weighted by Gasteiger charge is -2.25. The molecule has 2 fully saturated rings. The minimum atomic E-state index is -3.51. The summed E-state index contributed by atoms with van der Waals surface area (Å²) in [7, 11) is -3.51. The van der Waals surface area contributed by atoms with Crippen LogP contribution in [-0.2, 0) is 28.6 Å². The number of rotatable bonds is 5. The second-order valence-electron chi connectivity index (χ2n) is 5.35. The van der Waals surface area contributed by atoms with Gasteiger partial charge in [0.2, 0.25) is 0 Å². The molecule has 1 aliphatic heterocycles. The van der Waals surface area contributed by atoms with Gasteiger partial charge in [0.25, 0.3) is 10.1 Å². The number of hydrogen-bond acceptors (Lipinski definition) is 7. The maximum atomic E-state index is 11.6. The van der Waals surface area contributed by atoms with Crippen LogP contribution in [0.5, 0.6) is 0 Å². The van der Waals surface area contributed by atoms with Crippen molar-refractivity contribution < 1.29 is 31.7 Å². The van der Waals surface area contributed by atoms with Crippen molar-refractivity contribution >= 4 is 22.2 Å². The highest BCUT2D eigenvalue weighted by Gasteiger charge is 2.48. The summed E-state index contributed by atoms with van der Waals surface area (Å²) < 4.78 is 38.1. The fourth-order valence-corrected chi connectivity index (χ4v) is 3.97. The topological polar surface area (TPSA) is 108 Å². The Kier molecular flexibility index (Phi) is 5.07. The molecule has 2 rings (SSSR count). The Hall–Kier alpha value is -1.61. The average molecular weight is 333 g/mol. The van der Waals surface area contributed by atoms with Crippen molar-refractivity contribution in [2.45, 2.75) is 43.6 Å². The molecule has 9 heteroatoms. The zero-order valence-electron chi connectivity index (χ0n) is 12.2. The van der Waals surface area contributed by atoms with Gasteiger partial charge in [0.1, 0.15) is 18.8 Å². The van der Waals surface area contributed by atoms with E-state index in [0.717, 1.165) is 0 Å². The van der Waals surface area contributed by atoms with E-state index >= 15 is 0 Å². The Morgan fingerprint density at radius 1 is 1.36 bits per heavy atom. The Labute approximate surface area is 128 Å². The molecule has 3 atom stereocenters. The number of ether oxygens (including phenoxy) is 2. The standard InChI is InChI=1S/C13H19NO7S/c1-8(2)12(15)19-6-5-14-13(16)20-10-4-3-9-7-11(10)21-22(9,17)18/h9-11H,1,3-7H2,2H3,(H,14,16). The van der Waals surface area contributed by atoms with E-state index in [2.05, 4.69) is 11.9 Å². The summed E-state index contributed by atoms with van der Waals surface area (Å²) in [4.78, 5) is 22.7. The molecule has 2 bridgehead atoms. The van der Waals surface area contributed by atoms with Crippen LogP contribution in [0.15, 0.2) is 12.2 Å². The Morgan fingerprint density at radius 2 is 2.09 bits per heavy atom. The number of carbonyl (C=O) groups excluding carboxylic acids is 2. The summed E-state index contributed by atoms with van der Waals surface area (Å²) in [5.41, 5.74) is 0.277. The van der Waals surface area contributed by atoms with Gasteiger partial charge in [-0.25, -0.2) is 9.59 Å². The van der Waals surface area contributed by atoms with E-state index in [9.17, 15) is 18.0 Å². The molecule has 0 spiro atoms. The van der Waals surface area contributed by atoms with Crippen LogP contribution in [0.25, 0.3) is 0 Å². The van der Waals surface area contributed by atoms with Gasteiger partial charge in [-0.15, -0.1) is 0 Å². The van der Waals surface area contributed by atoms with Crippen LogP contribution in [-0.4, -0.2) is 51.1 Å². The molecule has 124 valence electrons. The molecule has 1 saturated carbocycles. The van der Waals surface area contributed by atoms with Crippen LogP contribution in [0.1, 0.15) is 26.2 Å². The number of amides is 1. The van der Waals surface area contributed by atoms with Crippen molar-refractivity contribution in [2.24, 2.45) is 0 Å². The molecule has 22 heavy (non-hydrogen) atoms. The first kappa shape index (κ1) is 16.8. The van der Waals surface area contributed by atoms with Crippen LogP contribution < -0.4 is 5.32 Å². The van der Waals surface area contributed by atoms with Gasteiger partial charge in [-0.05, 0) is 26.2 Å². The van der Waals surface area contributed by atoms with Gasteiger partial charge in [0.05, 0.1) is 11.8 Å². The maximum Gasteiger partial charge on any atom is 0.407 e. The number of nitrogens with one attached hydrogen (secondary N) is 1. The van der Waals surface area contributed by atoms with Crippen LogP contribution in [0.4, 0.5) is 4.79 Å². The van der Waals surface area contributed by atoms with Gasteiger partial charge in [0.15, 0.2) is 0 Å². The summed E-state index contributed by atoms with van der Waals surface area (Å²) in [6.07, 6.45) is -0.638. The summed E-state index contributed by atoms with van der Waals surface area (Å²) in [5.74, 6) is -0.530. The van der Waals surface area contributed by atoms with Crippen molar-refractivity contribution in [3.63, 3.8) is 0 Å². The summed E-state index contributed by atoms with van der Waals surface area (Å²) in [5, 5.41) is 1.95. The molecule has 1 heterocycles. The third-order valence-electron chi connectivity index (χ3n) is 3.56. The summed E-state index contributed by atoms with van der Waals surface area (Å²) in [6, 6.07) is 0. The molecule has 1 N–H and O–H groups in total. The minimum Gasteiger partial charge on any atom is -0.460 e. The first-order chi connectivity index (χ1) is 10.3. The molecule has 3 unspecified atom stereocenters. The number of esters is 1. The summed E-state index contributed by atoms with van der Waals surface area (Å²) >= 11 is 0. The van der Waals surface area contributed by atoms with Crippen molar-refractivity contribution in [1.82, 2.24) is 5.32 Å². The monoisotopic (exact) mass is 333 g/mol. The second-order valence-corrected chi connectivity index (χ2v) is 7.19. The molecule has 1 amide bonds. The van der Waals surface area contributed by atoms with Crippen LogP contribution >= 0.6 is 0 Å². The van der Waals surface area contributed by atoms with E-state index in [1.807, 2.05) is 0 Å². The van der Waals surface area contributed by atoms with Crippen molar-refractivity contribution in [3.05, 3.63) is 12.2 Å². The van der Waals surface area contributed by atoms with E-state index in [4.69, 9.17) is 13.7 Å². The smallest absolute Gasteiger partial charge is 0.407 e. The third-order valence-corrected chi connectivity index (χ3v) is 5.32. The molecular formula is C13H19NO7S. The average Bonchev–Trinajstić information content (AvgIpc) is 2.68. The van der Waals surface area contributed by atoms with Gasteiger partial charge >= 0.3 is 12.1 Å². The van der Waals surface area contributed by atoms with Gasteiger partial charge < -0.3 is 14.8 Å². The van der Waals surface area contributed by atoms with Crippen LogP contribution in [0.2, 0.25) is 0 Å². The zero-order valence-corrected chi connectivity index (χ0v) is 13.1. The Morgan fingerprint density at radius 3 is 2.77 bits per heavy atom. The quantitative estimate of drug-likeness (QED) is 0.337. The highest BCUT2D eigenvalue weighted by Crippen LogP contribution is 2.36. The fraction of sp³-hybridized carbons (Fsp3) is 0.692. The Balaban J connectivity index is 1.70. The number of alkyl carbamates (subject to hydrolysis) is 1. The molecule has 1 aliphatic carbocycles. The molecule has 1 saturated heterocycles. The van der Waals surface area contributed by atoms with Crippen molar-refractivity contribution in [1.29, 1.82) is 0 Å². The van der Waals surface area contributed by atoms with E-state index in [1.165, 1.54) is 6.92 Å². The molecule has 0 aromatic rings. The zero-order chi connectivity index (χ0) is 16.3. The first-order valence-electron chi connectivity index (χ1n) is 6.99. The SMILES string of the molecule is C=C(C)C(=O)OCCNC(=O)OC1CCC2CC1OS2(=O)=O. The van der Waals surface area contributed by atoms with Gasteiger partial charge in [-0.1, -0.05) is 6.58 Å². The highest BCUT2D eigenvalue weighted by molar-refractivity contribution is 7.87. The number of carbonyl (C=O) groups is 2. The molecule has 8 nitrogen and oxygen atoms in total. The second kappa shape index (κ2) is 6.66.